The highest BCUT2D eigenvalue weighted by Gasteiger charge is 2.23. The molecule has 25 heavy (non-hydrogen) atoms. The van der Waals surface area contributed by atoms with Crippen LogP contribution >= 0.6 is 11.3 Å². The molecule has 0 spiro atoms. The van der Waals surface area contributed by atoms with Crippen LogP contribution in [0.15, 0.2) is 72.1 Å². The Kier molecular flexibility index (Phi) is 5.31. The molecule has 1 amide bonds. The monoisotopic (exact) mass is 351 g/mol. The predicted molar refractivity (Wildman–Crippen MR) is 102 cm³/mol. The van der Waals surface area contributed by atoms with Gasteiger partial charge in [0.1, 0.15) is 5.60 Å². The molecular formula is C21H21NO2S. The van der Waals surface area contributed by atoms with Crippen molar-refractivity contribution in [1.29, 1.82) is 0 Å². The van der Waals surface area contributed by atoms with E-state index in [9.17, 15) is 9.90 Å². The number of hydrogen-bond acceptors (Lipinski definition) is 3. The summed E-state index contributed by atoms with van der Waals surface area (Å²) in [6.07, 6.45) is 0.348. The molecule has 1 atom stereocenters. The van der Waals surface area contributed by atoms with Crippen molar-refractivity contribution in [2.45, 2.75) is 18.9 Å². The summed E-state index contributed by atoms with van der Waals surface area (Å²) >= 11 is 1.56. The number of rotatable bonds is 6. The number of aliphatic hydroxyl groups is 1. The number of benzene rings is 2. The molecule has 3 rings (SSSR count). The molecule has 0 unspecified atom stereocenters. The highest BCUT2D eigenvalue weighted by Crippen LogP contribution is 2.24. The van der Waals surface area contributed by atoms with Gasteiger partial charge in [-0.05, 0) is 35.1 Å². The standard InChI is InChI=1S/C21H21NO2S/c1-21(24,15-22-20(23)14-19-8-5-13-25-19)18-11-9-17(10-12-18)16-6-3-2-4-7-16/h2-13,24H,14-15H2,1H3,(H,22,23)/t21-/m1/s1. The van der Waals surface area contributed by atoms with Crippen LogP contribution in [-0.2, 0) is 16.8 Å². The first-order valence-corrected chi connectivity index (χ1v) is 9.10. The first-order valence-electron chi connectivity index (χ1n) is 8.22. The number of carbonyl (C=O) groups is 1. The Morgan fingerprint density at radius 2 is 1.68 bits per heavy atom. The molecule has 1 aromatic heterocycles. The van der Waals surface area contributed by atoms with Crippen molar-refractivity contribution in [2.75, 3.05) is 6.54 Å². The maximum Gasteiger partial charge on any atom is 0.225 e. The van der Waals surface area contributed by atoms with Crippen molar-refractivity contribution in [1.82, 2.24) is 5.32 Å². The van der Waals surface area contributed by atoms with E-state index in [0.717, 1.165) is 21.6 Å². The van der Waals surface area contributed by atoms with E-state index in [1.54, 1.807) is 18.3 Å². The van der Waals surface area contributed by atoms with Crippen molar-refractivity contribution >= 4 is 17.2 Å². The lowest BCUT2D eigenvalue weighted by Gasteiger charge is -2.24. The second kappa shape index (κ2) is 7.64. The normalized spacial score (nSPS) is 13.2. The van der Waals surface area contributed by atoms with E-state index in [2.05, 4.69) is 17.4 Å². The number of hydrogen-bond donors (Lipinski definition) is 2. The fraction of sp³-hybridized carbons (Fsp3) is 0.190. The number of thiophene rings is 1. The molecule has 1 heterocycles. The van der Waals surface area contributed by atoms with Gasteiger partial charge in [-0.25, -0.2) is 0 Å². The number of amides is 1. The Morgan fingerprint density at radius 1 is 1.00 bits per heavy atom. The minimum absolute atomic E-state index is 0.0800. The lowest BCUT2D eigenvalue weighted by Crippen LogP contribution is -2.39. The fourth-order valence-corrected chi connectivity index (χ4v) is 3.36. The maximum absolute atomic E-state index is 12.0. The van der Waals surface area contributed by atoms with Crippen molar-refractivity contribution in [3.63, 3.8) is 0 Å². The van der Waals surface area contributed by atoms with Gasteiger partial charge in [0.05, 0.1) is 13.0 Å². The first kappa shape index (κ1) is 17.4. The lowest BCUT2D eigenvalue weighted by atomic mass is 9.93. The number of nitrogens with one attached hydrogen (secondary N) is 1. The molecule has 0 aliphatic carbocycles. The largest absolute Gasteiger partial charge is 0.384 e. The van der Waals surface area contributed by atoms with Crippen LogP contribution in [0.1, 0.15) is 17.4 Å². The minimum atomic E-state index is -1.11. The zero-order valence-electron chi connectivity index (χ0n) is 14.1. The van der Waals surface area contributed by atoms with Gasteiger partial charge < -0.3 is 10.4 Å². The molecule has 0 saturated heterocycles. The van der Waals surface area contributed by atoms with E-state index in [0.29, 0.717) is 6.42 Å². The molecule has 0 bridgehead atoms. The minimum Gasteiger partial charge on any atom is -0.384 e. The molecule has 2 N–H and O–H groups in total. The third-order valence-corrected chi connectivity index (χ3v) is 5.03. The zero-order valence-corrected chi connectivity index (χ0v) is 14.9. The summed E-state index contributed by atoms with van der Waals surface area (Å²) in [4.78, 5) is 13.0. The highest BCUT2D eigenvalue weighted by atomic mass is 32.1. The van der Waals surface area contributed by atoms with E-state index < -0.39 is 5.60 Å². The van der Waals surface area contributed by atoms with Gasteiger partial charge in [0.2, 0.25) is 5.91 Å². The maximum atomic E-state index is 12.0. The Morgan fingerprint density at radius 3 is 2.32 bits per heavy atom. The Balaban J connectivity index is 1.62. The van der Waals surface area contributed by atoms with Crippen molar-refractivity contribution in [3.05, 3.63) is 82.6 Å². The summed E-state index contributed by atoms with van der Waals surface area (Å²) in [5.41, 5.74) is 1.91. The lowest BCUT2D eigenvalue weighted by molar-refractivity contribution is -0.121. The summed E-state index contributed by atoms with van der Waals surface area (Å²) in [5.74, 6) is -0.0800. The molecule has 2 aromatic carbocycles. The van der Waals surface area contributed by atoms with Gasteiger partial charge in [-0.2, -0.15) is 0 Å². The Bertz CT molecular complexity index is 809. The summed E-state index contributed by atoms with van der Waals surface area (Å²) in [6, 6.07) is 21.8. The summed E-state index contributed by atoms with van der Waals surface area (Å²) in [7, 11) is 0. The average Bonchev–Trinajstić information content (AvgIpc) is 3.14. The van der Waals surface area contributed by atoms with Crippen LogP contribution in [0.5, 0.6) is 0 Å². The molecule has 3 nitrogen and oxygen atoms in total. The second-order valence-electron chi connectivity index (χ2n) is 6.25. The van der Waals surface area contributed by atoms with Crippen LogP contribution in [0.25, 0.3) is 11.1 Å². The summed E-state index contributed by atoms with van der Waals surface area (Å²) in [5, 5.41) is 15.5. The van der Waals surface area contributed by atoms with Gasteiger partial charge >= 0.3 is 0 Å². The molecular weight excluding hydrogens is 330 g/mol. The van der Waals surface area contributed by atoms with Gasteiger partial charge in [0.25, 0.3) is 0 Å². The molecule has 0 saturated carbocycles. The molecule has 3 aromatic rings. The molecule has 128 valence electrons. The van der Waals surface area contributed by atoms with E-state index in [4.69, 9.17) is 0 Å². The average molecular weight is 351 g/mol. The van der Waals surface area contributed by atoms with Crippen LogP contribution in [0.4, 0.5) is 0 Å². The Labute approximate surface area is 152 Å². The third-order valence-electron chi connectivity index (χ3n) is 4.16. The zero-order chi connectivity index (χ0) is 17.7. The van der Waals surface area contributed by atoms with Crippen molar-refractivity contribution in [3.8, 4) is 11.1 Å². The first-order chi connectivity index (χ1) is 12.0. The topological polar surface area (TPSA) is 49.3 Å². The SMILES string of the molecule is C[C@@](O)(CNC(=O)Cc1cccs1)c1ccc(-c2ccccc2)cc1. The molecule has 4 heteroatoms. The van der Waals surface area contributed by atoms with Gasteiger partial charge in [0.15, 0.2) is 0 Å². The van der Waals surface area contributed by atoms with Gasteiger partial charge in [-0.3, -0.25) is 4.79 Å². The highest BCUT2D eigenvalue weighted by molar-refractivity contribution is 7.10. The van der Waals surface area contributed by atoms with Crippen LogP contribution < -0.4 is 5.32 Å². The van der Waals surface area contributed by atoms with Crippen LogP contribution in [0.2, 0.25) is 0 Å². The summed E-state index contributed by atoms with van der Waals surface area (Å²) in [6.45, 7) is 1.90. The molecule has 0 aliphatic heterocycles. The van der Waals surface area contributed by atoms with Gasteiger partial charge in [-0.15, -0.1) is 11.3 Å². The molecule has 0 aliphatic rings. The van der Waals surface area contributed by atoms with E-state index in [-0.39, 0.29) is 12.5 Å². The van der Waals surface area contributed by atoms with E-state index in [1.165, 1.54) is 0 Å². The smallest absolute Gasteiger partial charge is 0.225 e. The quantitative estimate of drug-likeness (QED) is 0.706. The number of carbonyl (C=O) groups excluding carboxylic acids is 1. The van der Waals surface area contributed by atoms with Crippen LogP contribution in [-0.4, -0.2) is 17.6 Å². The van der Waals surface area contributed by atoms with Crippen molar-refractivity contribution < 1.29 is 9.90 Å². The fourth-order valence-electron chi connectivity index (χ4n) is 2.66. The van der Waals surface area contributed by atoms with Gasteiger partial charge in [-0.1, -0.05) is 60.7 Å². The second-order valence-corrected chi connectivity index (χ2v) is 7.28. The van der Waals surface area contributed by atoms with Gasteiger partial charge in [0, 0.05) is 4.88 Å². The third kappa shape index (κ3) is 4.56. The van der Waals surface area contributed by atoms with Crippen LogP contribution in [0.3, 0.4) is 0 Å². The Hall–Kier alpha value is -2.43. The van der Waals surface area contributed by atoms with Crippen LogP contribution in [0, 0.1) is 0 Å². The molecule has 0 radical (unpaired) electrons. The van der Waals surface area contributed by atoms with E-state index in [1.807, 2.05) is 60.0 Å². The summed E-state index contributed by atoms with van der Waals surface area (Å²) < 4.78 is 0. The molecule has 0 fully saturated rings. The van der Waals surface area contributed by atoms with E-state index >= 15 is 0 Å². The predicted octanol–water partition coefficient (Wildman–Crippen LogP) is 3.98. The van der Waals surface area contributed by atoms with Crippen molar-refractivity contribution in [2.24, 2.45) is 0 Å².